The molecule has 0 heterocycles. The second kappa shape index (κ2) is 4.57. The van der Waals surface area contributed by atoms with Crippen LogP contribution >= 0.6 is 0 Å². The van der Waals surface area contributed by atoms with Crippen molar-refractivity contribution in [2.45, 2.75) is 77.7 Å². The van der Waals surface area contributed by atoms with Gasteiger partial charge in [0.1, 0.15) is 5.78 Å². The molecule has 4 fully saturated rings. The van der Waals surface area contributed by atoms with Crippen molar-refractivity contribution in [2.24, 2.45) is 40.2 Å². The largest absolute Gasteiger partial charge is 0.327 e. The molecule has 4 aliphatic rings. The van der Waals surface area contributed by atoms with Crippen LogP contribution in [0.2, 0.25) is 0 Å². The fourth-order valence-corrected chi connectivity index (χ4v) is 7.09. The van der Waals surface area contributed by atoms with Crippen LogP contribution in [0.15, 0.2) is 0 Å². The van der Waals surface area contributed by atoms with E-state index in [0.29, 0.717) is 28.6 Å². The Morgan fingerprint density at radius 2 is 1.71 bits per heavy atom. The fourth-order valence-electron chi connectivity index (χ4n) is 7.09. The number of carbonyl (C=O) groups is 1. The summed E-state index contributed by atoms with van der Waals surface area (Å²) in [7, 11) is 0. The molecule has 0 bridgehead atoms. The highest BCUT2D eigenvalue weighted by Gasteiger charge is 2.59. The van der Waals surface area contributed by atoms with E-state index in [2.05, 4.69) is 13.8 Å². The molecular weight excluding hydrogens is 258 g/mol. The number of ketones is 1. The van der Waals surface area contributed by atoms with Crippen molar-refractivity contribution in [3.63, 3.8) is 0 Å². The molecule has 0 amide bonds. The van der Waals surface area contributed by atoms with Crippen molar-refractivity contribution >= 4 is 5.78 Å². The molecule has 0 aromatic rings. The Morgan fingerprint density at radius 1 is 0.952 bits per heavy atom. The molecule has 2 heteroatoms. The van der Waals surface area contributed by atoms with E-state index in [0.717, 1.165) is 37.0 Å². The van der Waals surface area contributed by atoms with Gasteiger partial charge in [-0.15, -0.1) is 0 Å². The van der Waals surface area contributed by atoms with E-state index < -0.39 is 0 Å². The lowest BCUT2D eigenvalue weighted by molar-refractivity contribution is -0.138. The first-order chi connectivity index (χ1) is 9.95. The Morgan fingerprint density at radius 3 is 2.52 bits per heavy atom. The summed E-state index contributed by atoms with van der Waals surface area (Å²) in [4.78, 5) is 11.9. The van der Waals surface area contributed by atoms with Crippen molar-refractivity contribution in [2.75, 3.05) is 0 Å². The van der Waals surface area contributed by atoms with Gasteiger partial charge >= 0.3 is 0 Å². The zero-order valence-electron chi connectivity index (χ0n) is 13.7. The molecule has 4 saturated carbocycles. The summed E-state index contributed by atoms with van der Waals surface area (Å²) in [6.07, 6.45) is 10.8. The number of hydrogen-bond donors (Lipinski definition) is 1. The number of Topliss-reactive ketones (excluding diaryl/α,β-unsaturated/α-hetero) is 1. The fraction of sp³-hybridized carbons (Fsp3) is 0.947. The summed E-state index contributed by atoms with van der Waals surface area (Å²) in [5, 5.41) is 0. The summed E-state index contributed by atoms with van der Waals surface area (Å²) in [5.74, 6) is 3.83. The van der Waals surface area contributed by atoms with Crippen molar-refractivity contribution < 1.29 is 4.79 Å². The van der Waals surface area contributed by atoms with Crippen molar-refractivity contribution in [3.8, 4) is 0 Å². The van der Waals surface area contributed by atoms with Gasteiger partial charge in [0.25, 0.3) is 0 Å². The maximum atomic E-state index is 11.9. The third-order valence-corrected chi connectivity index (χ3v) is 8.56. The molecule has 118 valence electrons. The maximum Gasteiger partial charge on any atom is 0.133 e. The highest BCUT2D eigenvalue weighted by molar-refractivity contribution is 5.79. The molecule has 4 aliphatic carbocycles. The van der Waals surface area contributed by atoms with Gasteiger partial charge in [-0.3, -0.25) is 4.79 Å². The molecule has 7 atom stereocenters. The molecule has 2 unspecified atom stereocenters. The normalized spacial score (nSPS) is 56.5. The number of nitrogens with two attached hydrogens (primary N) is 1. The van der Waals surface area contributed by atoms with Gasteiger partial charge in [-0.05, 0) is 79.4 Å². The smallest absolute Gasteiger partial charge is 0.133 e. The van der Waals surface area contributed by atoms with E-state index in [1.807, 2.05) is 0 Å². The average molecular weight is 289 g/mol. The summed E-state index contributed by atoms with van der Waals surface area (Å²) < 4.78 is 0. The molecule has 0 saturated heterocycles. The molecular formula is C19H31NO. The minimum absolute atomic E-state index is 0.412. The topological polar surface area (TPSA) is 43.1 Å². The summed E-state index contributed by atoms with van der Waals surface area (Å²) >= 11 is 0. The Balaban J connectivity index is 1.64. The SMILES string of the molecule is C[C@]12CCC(=O)CC1CC[C@@H]1[C@H]2CC[C@]2(C)C(N)CC[C@@H]12. The summed E-state index contributed by atoms with van der Waals surface area (Å²) in [5.41, 5.74) is 7.34. The van der Waals surface area contributed by atoms with Crippen molar-refractivity contribution in [1.82, 2.24) is 0 Å². The van der Waals surface area contributed by atoms with Crippen molar-refractivity contribution in [1.29, 1.82) is 0 Å². The molecule has 0 radical (unpaired) electrons. The second-order valence-corrected chi connectivity index (χ2v) is 9.13. The van der Waals surface area contributed by atoms with E-state index in [1.54, 1.807) is 0 Å². The van der Waals surface area contributed by atoms with Crippen LogP contribution in [0, 0.1) is 34.5 Å². The lowest BCUT2D eigenvalue weighted by atomic mass is 9.45. The van der Waals surface area contributed by atoms with Crippen LogP contribution in [0.5, 0.6) is 0 Å². The van der Waals surface area contributed by atoms with Gasteiger partial charge in [-0.1, -0.05) is 13.8 Å². The predicted molar refractivity (Wildman–Crippen MR) is 84.7 cm³/mol. The molecule has 0 aliphatic heterocycles. The van der Waals surface area contributed by atoms with E-state index in [-0.39, 0.29) is 0 Å². The van der Waals surface area contributed by atoms with E-state index in [4.69, 9.17) is 5.73 Å². The van der Waals surface area contributed by atoms with Crippen LogP contribution in [0.1, 0.15) is 71.6 Å². The lowest BCUT2D eigenvalue weighted by Gasteiger charge is -2.60. The first-order valence-electron chi connectivity index (χ1n) is 9.22. The van der Waals surface area contributed by atoms with E-state index in [9.17, 15) is 4.79 Å². The highest BCUT2D eigenvalue weighted by atomic mass is 16.1. The minimum atomic E-state index is 0.412. The standard InChI is InChI=1S/C19H31NO/c1-18-9-7-13(21)11-12(18)3-4-14-15-5-6-17(20)19(15,2)10-8-16(14)18/h12,14-17H,3-11,20H2,1-2H3/t12?,14-,15-,16+,17?,18-,19-/m0/s1. The Hall–Kier alpha value is -0.370. The number of rotatable bonds is 0. The highest BCUT2D eigenvalue weighted by Crippen LogP contribution is 2.65. The van der Waals surface area contributed by atoms with Gasteiger partial charge in [-0.2, -0.15) is 0 Å². The lowest BCUT2D eigenvalue weighted by Crippen LogP contribution is -2.54. The zero-order valence-corrected chi connectivity index (χ0v) is 13.7. The molecule has 2 nitrogen and oxygen atoms in total. The van der Waals surface area contributed by atoms with Gasteiger partial charge in [-0.25, -0.2) is 0 Å². The van der Waals surface area contributed by atoms with Gasteiger partial charge in [0, 0.05) is 18.9 Å². The minimum Gasteiger partial charge on any atom is -0.327 e. The third kappa shape index (κ3) is 1.84. The van der Waals surface area contributed by atoms with Gasteiger partial charge < -0.3 is 5.73 Å². The number of fused-ring (bicyclic) bond motifs is 5. The molecule has 0 spiro atoms. The van der Waals surface area contributed by atoms with Crippen LogP contribution in [-0.4, -0.2) is 11.8 Å². The van der Waals surface area contributed by atoms with E-state index in [1.165, 1.54) is 38.5 Å². The van der Waals surface area contributed by atoms with Crippen LogP contribution in [0.3, 0.4) is 0 Å². The Bertz CT molecular complexity index is 460. The summed E-state index contributed by atoms with van der Waals surface area (Å²) in [6.45, 7) is 5.00. The number of hydrogen-bond acceptors (Lipinski definition) is 2. The summed E-state index contributed by atoms with van der Waals surface area (Å²) in [6, 6.07) is 0.432. The first kappa shape index (κ1) is 14.2. The Kier molecular flexibility index (Phi) is 3.10. The van der Waals surface area contributed by atoms with Gasteiger partial charge in [0.05, 0.1) is 0 Å². The molecule has 4 rings (SSSR count). The Labute approximate surface area is 129 Å². The van der Waals surface area contributed by atoms with Crippen LogP contribution in [-0.2, 0) is 4.79 Å². The van der Waals surface area contributed by atoms with Crippen LogP contribution in [0.25, 0.3) is 0 Å². The predicted octanol–water partition coefficient (Wildman–Crippen LogP) is 3.93. The molecule has 2 N–H and O–H groups in total. The number of carbonyl (C=O) groups excluding carboxylic acids is 1. The third-order valence-electron chi connectivity index (χ3n) is 8.56. The second-order valence-electron chi connectivity index (χ2n) is 9.13. The molecule has 0 aromatic carbocycles. The van der Waals surface area contributed by atoms with Crippen molar-refractivity contribution in [3.05, 3.63) is 0 Å². The van der Waals surface area contributed by atoms with E-state index >= 15 is 0 Å². The maximum absolute atomic E-state index is 11.9. The van der Waals surface area contributed by atoms with Crippen LogP contribution < -0.4 is 5.73 Å². The monoisotopic (exact) mass is 289 g/mol. The van der Waals surface area contributed by atoms with Gasteiger partial charge in [0.15, 0.2) is 0 Å². The zero-order chi connectivity index (χ0) is 14.8. The average Bonchev–Trinajstić information content (AvgIpc) is 2.76. The molecule has 21 heavy (non-hydrogen) atoms. The first-order valence-corrected chi connectivity index (χ1v) is 9.22. The quantitative estimate of drug-likeness (QED) is 0.734. The molecule has 0 aromatic heterocycles. The van der Waals surface area contributed by atoms with Gasteiger partial charge in [0.2, 0.25) is 0 Å². The van der Waals surface area contributed by atoms with Crippen LogP contribution in [0.4, 0.5) is 0 Å².